The Morgan fingerprint density at radius 3 is 2.30 bits per heavy atom. The number of anilines is 1. The largest absolute Gasteiger partial charge is 0.494 e. The monoisotopic (exact) mass is 411 g/mol. The van der Waals surface area contributed by atoms with E-state index in [1.807, 2.05) is 31.2 Å². The van der Waals surface area contributed by atoms with E-state index in [4.69, 9.17) is 18.9 Å². The highest BCUT2D eigenvalue weighted by atomic mass is 16.5. The van der Waals surface area contributed by atoms with E-state index in [-0.39, 0.29) is 12.1 Å². The molecule has 2 heterocycles. The van der Waals surface area contributed by atoms with Crippen LogP contribution in [0.5, 0.6) is 23.0 Å². The second kappa shape index (κ2) is 8.48. The third kappa shape index (κ3) is 3.58. The quantitative estimate of drug-likeness (QED) is 0.633. The third-order valence-corrected chi connectivity index (χ3v) is 5.22. The van der Waals surface area contributed by atoms with Crippen LogP contribution < -0.4 is 24.3 Å². The zero-order chi connectivity index (χ0) is 21.1. The highest BCUT2D eigenvalue weighted by Gasteiger charge is 2.32. The van der Waals surface area contributed by atoms with Crippen LogP contribution in [0.25, 0.3) is 0 Å². The summed E-state index contributed by atoms with van der Waals surface area (Å²) in [5, 5.41) is 15.6. The first-order chi connectivity index (χ1) is 14.7. The van der Waals surface area contributed by atoms with Crippen LogP contribution in [-0.4, -0.2) is 48.1 Å². The molecule has 1 N–H and O–H groups in total. The van der Waals surface area contributed by atoms with Crippen LogP contribution >= 0.6 is 0 Å². The molecule has 0 aliphatic carbocycles. The van der Waals surface area contributed by atoms with E-state index in [1.165, 1.54) is 0 Å². The molecule has 30 heavy (non-hydrogen) atoms. The Morgan fingerprint density at radius 2 is 1.70 bits per heavy atom. The van der Waals surface area contributed by atoms with E-state index in [0.717, 1.165) is 23.3 Å². The molecule has 0 saturated carbocycles. The van der Waals surface area contributed by atoms with Gasteiger partial charge in [0.15, 0.2) is 11.5 Å². The highest BCUT2D eigenvalue weighted by molar-refractivity contribution is 5.55. The number of fused-ring (bicyclic) bond motifs is 1. The van der Waals surface area contributed by atoms with Crippen LogP contribution in [-0.2, 0) is 0 Å². The Balaban J connectivity index is 1.71. The van der Waals surface area contributed by atoms with Gasteiger partial charge in [0.05, 0.1) is 40.0 Å². The van der Waals surface area contributed by atoms with Gasteiger partial charge in [-0.05, 0) is 59.2 Å². The Labute approximate surface area is 174 Å². The molecule has 0 amide bonds. The van der Waals surface area contributed by atoms with Gasteiger partial charge in [0.2, 0.25) is 11.7 Å². The number of ether oxygens (including phenoxy) is 4. The molecular formula is C21H25N5O4. The van der Waals surface area contributed by atoms with Gasteiger partial charge >= 0.3 is 0 Å². The molecule has 0 bridgehead atoms. The van der Waals surface area contributed by atoms with Crippen molar-refractivity contribution in [2.75, 3.05) is 33.3 Å². The molecule has 0 unspecified atom stereocenters. The van der Waals surface area contributed by atoms with E-state index in [2.05, 4.69) is 33.0 Å². The van der Waals surface area contributed by atoms with Gasteiger partial charge in [-0.2, -0.15) is 0 Å². The number of tetrazole rings is 1. The molecule has 3 aromatic rings. The van der Waals surface area contributed by atoms with Crippen molar-refractivity contribution in [2.45, 2.75) is 25.4 Å². The van der Waals surface area contributed by atoms with E-state index in [1.54, 1.807) is 26.0 Å². The minimum Gasteiger partial charge on any atom is -0.494 e. The van der Waals surface area contributed by atoms with Crippen LogP contribution in [0.1, 0.15) is 36.6 Å². The first kappa shape index (κ1) is 19.8. The number of aromatic nitrogens is 4. The Hall–Kier alpha value is -3.49. The maximum absolute atomic E-state index is 5.56. The molecule has 0 saturated heterocycles. The fourth-order valence-corrected chi connectivity index (χ4v) is 3.79. The maximum Gasteiger partial charge on any atom is 0.243 e. The molecule has 2 aromatic carbocycles. The van der Waals surface area contributed by atoms with Crippen molar-refractivity contribution >= 4 is 5.95 Å². The van der Waals surface area contributed by atoms with Crippen molar-refractivity contribution in [1.82, 2.24) is 20.2 Å². The van der Waals surface area contributed by atoms with E-state index in [0.29, 0.717) is 29.8 Å². The molecular weight excluding hydrogens is 386 g/mol. The van der Waals surface area contributed by atoms with Crippen LogP contribution in [0.15, 0.2) is 36.4 Å². The number of hydrogen-bond acceptors (Lipinski definition) is 8. The van der Waals surface area contributed by atoms with Gasteiger partial charge in [0.25, 0.3) is 0 Å². The smallest absolute Gasteiger partial charge is 0.243 e. The molecule has 9 heteroatoms. The van der Waals surface area contributed by atoms with E-state index in [9.17, 15) is 0 Å². The van der Waals surface area contributed by atoms with Gasteiger partial charge in [0, 0.05) is 0 Å². The molecule has 1 aromatic heterocycles. The lowest BCUT2D eigenvalue weighted by atomic mass is 9.93. The molecule has 1 aliphatic rings. The summed E-state index contributed by atoms with van der Waals surface area (Å²) in [6.45, 7) is 2.61. The van der Waals surface area contributed by atoms with Gasteiger partial charge in [-0.3, -0.25) is 0 Å². The maximum atomic E-state index is 5.56. The molecule has 2 atom stereocenters. The van der Waals surface area contributed by atoms with Gasteiger partial charge in [0.1, 0.15) is 5.75 Å². The third-order valence-electron chi connectivity index (χ3n) is 5.22. The fraction of sp³-hybridized carbons (Fsp3) is 0.381. The number of nitrogens with zero attached hydrogens (tertiary/aromatic N) is 4. The lowest BCUT2D eigenvalue weighted by Crippen LogP contribution is -2.28. The minimum atomic E-state index is -0.110. The van der Waals surface area contributed by atoms with Crippen molar-refractivity contribution in [3.05, 3.63) is 47.5 Å². The SMILES string of the molecule is CCOc1ccc([C@H]2C[C@H](c3cc(OC)c(OC)c(OC)c3)n3nnnc3N2)cc1. The lowest BCUT2D eigenvalue weighted by Gasteiger charge is -2.31. The fourth-order valence-electron chi connectivity index (χ4n) is 3.79. The summed E-state index contributed by atoms with van der Waals surface area (Å²) >= 11 is 0. The minimum absolute atomic E-state index is 0.0308. The number of rotatable bonds is 7. The van der Waals surface area contributed by atoms with Crippen molar-refractivity contribution in [3.63, 3.8) is 0 Å². The summed E-state index contributed by atoms with van der Waals surface area (Å²) in [6, 6.07) is 11.9. The van der Waals surface area contributed by atoms with Gasteiger partial charge in [-0.25, -0.2) is 4.68 Å². The standard InChI is InChI=1S/C21H25N5O4/c1-5-30-15-8-6-13(7-9-15)16-12-17(26-21(22-16)23-24-25-26)14-10-18(27-2)20(29-4)19(11-14)28-3/h6-11,16-17H,5,12H2,1-4H3,(H,22,23,25)/t16-,17-/m1/s1. The van der Waals surface area contributed by atoms with Crippen molar-refractivity contribution in [1.29, 1.82) is 0 Å². The summed E-state index contributed by atoms with van der Waals surface area (Å²) in [7, 11) is 4.80. The number of methoxy groups -OCH3 is 3. The second-order valence-corrected chi connectivity index (χ2v) is 6.86. The van der Waals surface area contributed by atoms with Crippen LogP contribution in [0.2, 0.25) is 0 Å². The summed E-state index contributed by atoms with van der Waals surface area (Å²) < 4.78 is 23.9. The zero-order valence-electron chi connectivity index (χ0n) is 17.5. The van der Waals surface area contributed by atoms with E-state index >= 15 is 0 Å². The zero-order valence-corrected chi connectivity index (χ0v) is 17.5. The number of hydrogen-bond donors (Lipinski definition) is 1. The van der Waals surface area contributed by atoms with Gasteiger partial charge in [-0.1, -0.05) is 17.2 Å². The molecule has 158 valence electrons. The first-order valence-electron chi connectivity index (χ1n) is 9.75. The lowest BCUT2D eigenvalue weighted by molar-refractivity contribution is 0.321. The average molecular weight is 411 g/mol. The van der Waals surface area contributed by atoms with Crippen molar-refractivity contribution in [3.8, 4) is 23.0 Å². The molecule has 0 spiro atoms. The topological polar surface area (TPSA) is 92.5 Å². The van der Waals surface area contributed by atoms with E-state index < -0.39 is 0 Å². The summed E-state index contributed by atoms with van der Waals surface area (Å²) in [4.78, 5) is 0. The summed E-state index contributed by atoms with van der Waals surface area (Å²) in [6.07, 6.45) is 0.741. The molecule has 0 fully saturated rings. The van der Waals surface area contributed by atoms with Crippen LogP contribution in [0.4, 0.5) is 5.95 Å². The van der Waals surface area contributed by atoms with Crippen LogP contribution in [0.3, 0.4) is 0 Å². The predicted molar refractivity (Wildman–Crippen MR) is 111 cm³/mol. The normalized spacial score (nSPS) is 17.6. The van der Waals surface area contributed by atoms with Gasteiger partial charge < -0.3 is 24.3 Å². The van der Waals surface area contributed by atoms with Crippen molar-refractivity contribution in [2.24, 2.45) is 0 Å². The molecule has 0 radical (unpaired) electrons. The molecule has 1 aliphatic heterocycles. The number of nitrogens with one attached hydrogen (secondary N) is 1. The average Bonchev–Trinajstić information content (AvgIpc) is 3.27. The number of benzene rings is 2. The molecule has 4 rings (SSSR count). The summed E-state index contributed by atoms with van der Waals surface area (Å²) in [5.74, 6) is 3.20. The highest BCUT2D eigenvalue weighted by Crippen LogP contribution is 2.44. The predicted octanol–water partition coefficient (Wildman–Crippen LogP) is 3.24. The summed E-state index contributed by atoms with van der Waals surface area (Å²) in [5.41, 5.74) is 2.10. The second-order valence-electron chi connectivity index (χ2n) is 6.86. The van der Waals surface area contributed by atoms with Crippen molar-refractivity contribution < 1.29 is 18.9 Å². The Kier molecular flexibility index (Phi) is 5.60. The van der Waals surface area contributed by atoms with Gasteiger partial charge in [-0.15, -0.1) is 0 Å². The molecule has 9 nitrogen and oxygen atoms in total. The van der Waals surface area contributed by atoms with Crippen LogP contribution in [0, 0.1) is 0 Å². The first-order valence-corrected chi connectivity index (χ1v) is 9.75. The Morgan fingerprint density at radius 1 is 1.00 bits per heavy atom. The Bertz CT molecular complexity index is 980.